The third-order valence-electron chi connectivity index (χ3n) is 4.98. The molecule has 3 rings (SSSR count). The first-order chi connectivity index (χ1) is 13.8. The van der Waals surface area contributed by atoms with E-state index in [0.29, 0.717) is 18.4 Å². The van der Waals surface area contributed by atoms with Gasteiger partial charge in [0.2, 0.25) is 0 Å². The minimum absolute atomic E-state index is 0.0608. The van der Waals surface area contributed by atoms with Crippen molar-refractivity contribution >= 4 is 22.0 Å². The zero-order valence-corrected chi connectivity index (χ0v) is 17.4. The number of nitrogens with one attached hydrogen (secondary N) is 2. The molecule has 2 aromatic heterocycles. The van der Waals surface area contributed by atoms with Crippen LogP contribution in [-0.2, 0) is 29.4 Å². The molecule has 166 valence electrons. The van der Waals surface area contributed by atoms with Crippen LogP contribution in [0.3, 0.4) is 0 Å². The molecular weight excluding hydrogens is 428 g/mol. The Morgan fingerprint density at radius 3 is 2.67 bits per heavy atom. The molecule has 2 heterocycles. The van der Waals surface area contributed by atoms with Gasteiger partial charge in [0, 0.05) is 23.4 Å². The minimum Gasteiger partial charge on any atom is -0.307 e. The Kier molecular flexibility index (Phi) is 5.62. The maximum atomic E-state index is 14.0. The standard InChI is InChI=1S/C17H22F4N6O2S/c1-4-27-7-10(18)15(25-27)30(22,29)26-16(28)24-13-9(3)14(17(19,20)21)23-11-6-5-8(2)12(11)13/h7-8,30H,4-6H2,1-3H3,(H4,22,23,24,26,28,29). The van der Waals surface area contributed by atoms with Crippen molar-refractivity contribution in [3.05, 3.63) is 34.5 Å². The van der Waals surface area contributed by atoms with Gasteiger partial charge in [0.1, 0.15) is 5.69 Å². The molecular formula is C17H22F4N6O2S. The van der Waals surface area contributed by atoms with Crippen molar-refractivity contribution in [2.75, 3.05) is 5.32 Å². The van der Waals surface area contributed by atoms with E-state index in [9.17, 15) is 26.6 Å². The van der Waals surface area contributed by atoms with E-state index in [1.807, 2.05) is 11.6 Å². The molecule has 0 aliphatic heterocycles. The number of nitrogens with zero attached hydrogens (tertiary/aromatic N) is 3. The monoisotopic (exact) mass is 450 g/mol. The number of amides is 2. The number of thiol groups is 1. The Morgan fingerprint density at radius 1 is 1.43 bits per heavy atom. The Morgan fingerprint density at radius 2 is 2.10 bits per heavy atom. The smallest absolute Gasteiger partial charge is 0.307 e. The van der Waals surface area contributed by atoms with Gasteiger partial charge in [-0.15, -0.1) is 0 Å². The number of hydrogen-bond acceptors (Lipinski definition) is 4. The molecule has 4 N–H and O–H groups in total. The summed E-state index contributed by atoms with van der Waals surface area (Å²) in [6.07, 6.45) is -2.82. The first kappa shape index (κ1) is 22.2. The van der Waals surface area contributed by atoms with Crippen molar-refractivity contribution in [3.8, 4) is 0 Å². The number of pyridine rings is 1. The Hall–Kier alpha value is -2.54. The van der Waals surface area contributed by atoms with Gasteiger partial charge in [0.25, 0.3) is 0 Å². The maximum absolute atomic E-state index is 14.0. The quantitative estimate of drug-likeness (QED) is 0.424. The molecule has 0 saturated heterocycles. The van der Waals surface area contributed by atoms with E-state index in [1.165, 1.54) is 6.92 Å². The van der Waals surface area contributed by atoms with Crippen LogP contribution < -0.4 is 15.2 Å². The largest absolute Gasteiger partial charge is 0.433 e. The molecule has 1 aliphatic carbocycles. The zero-order chi connectivity index (χ0) is 22.4. The highest BCUT2D eigenvalue weighted by Crippen LogP contribution is 2.43. The van der Waals surface area contributed by atoms with Crippen LogP contribution >= 0.6 is 0 Å². The average Bonchev–Trinajstić information content (AvgIpc) is 3.19. The van der Waals surface area contributed by atoms with Gasteiger partial charge >= 0.3 is 12.2 Å². The first-order valence-corrected chi connectivity index (χ1v) is 10.9. The van der Waals surface area contributed by atoms with Crippen molar-refractivity contribution < 1.29 is 26.6 Å². The SMILES string of the molecule is CCn1cc(F)c([SH](N)(=O)NC(=O)Nc2c(C)c(C(F)(F)F)nc3c2C(C)CC3)n1. The third kappa shape index (κ3) is 4.03. The highest BCUT2D eigenvalue weighted by molar-refractivity contribution is 7.99. The topological polar surface area (TPSA) is 115 Å². The van der Waals surface area contributed by atoms with Crippen LogP contribution in [0.2, 0.25) is 0 Å². The number of carbonyl (C=O) groups is 1. The fourth-order valence-corrected chi connectivity index (χ4v) is 4.61. The molecule has 0 saturated carbocycles. The molecule has 0 bridgehead atoms. The molecule has 13 heteroatoms. The molecule has 2 amide bonds. The van der Waals surface area contributed by atoms with Gasteiger partial charge in [-0.2, -0.15) is 18.3 Å². The van der Waals surface area contributed by atoms with Crippen molar-refractivity contribution in [3.63, 3.8) is 0 Å². The number of fused-ring (bicyclic) bond motifs is 1. The summed E-state index contributed by atoms with van der Waals surface area (Å²) < 4.78 is 70.0. The number of nitrogens with two attached hydrogens (primary N) is 1. The van der Waals surface area contributed by atoms with E-state index < -0.39 is 39.0 Å². The van der Waals surface area contributed by atoms with Crippen LogP contribution in [0.5, 0.6) is 0 Å². The number of halogens is 4. The van der Waals surface area contributed by atoms with Gasteiger partial charge in [-0.05, 0) is 32.6 Å². The number of urea groups is 1. The fraction of sp³-hybridized carbons (Fsp3) is 0.471. The van der Waals surface area contributed by atoms with Crippen molar-refractivity contribution in [1.82, 2.24) is 19.5 Å². The van der Waals surface area contributed by atoms with E-state index >= 15 is 0 Å². The van der Waals surface area contributed by atoms with Gasteiger partial charge in [-0.3, -0.25) is 14.5 Å². The van der Waals surface area contributed by atoms with Gasteiger partial charge in [-0.25, -0.2) is 18.4 Å². The molecule has 2 aromatic rings. The number of anilines is 1. The lowest BCUT2D eigenvalue weighted by Gasteiger charge is -2.22. The van der Waals surface area contributed by atoms with Gasteiger partial charge < -0.3 is 5.32 Å². The summed E-state index contributed by atoms with van der Waals surface area (Å²) in [5, 5.41) is 11.1. The number of carbonyl (C=O) groups excluding carboxylic acids is 1. The van der Waals surface area contributed by atoms with Gasteiger partial charge in [0.15, 0.2) is 10.8 Å². The van der Waals surface area contributed by atoms with E-state index in [4.69, 9.17) is 5.14 Å². The molecule has 1 aliphatic rings. The van der Waals surface area contributed by atoms with Gasteiger partial charge in [0.05, 0.1) is 22.2 Å². The van der Waals surface area contributed by atoms with E-state index in [1.54, 1.807) is 6.92 Å². The lowest BCUT2D eigenvalue weighted by molar-refractivity contribution is -0.141. The van der Waals surface area contributed by atoms with E-state index in [-0.39, 0.29) is 29.4 Å². The number of hydrogen-bond donors (Lipinski definition) is 4. The summed E-state index contributed by atoms with van der Waals surface area (Å²) in [4.78, 5) is 16.2. The molecule has 1 atom stereocenters. The predicted octanol–water partition coefficient (Wildman–Crippen LogP) is 2.80. The highest BCUT2D eigenvalue weighted by Gasteiger charge is 2.39. The van der Waals surface area contributed by atoms with Crippen LogP contribution in [0.4, 0.5) is 28.0 Å². The van der Waals surface area contributed by atoms with Crippen LogP contribution in [0, 0.1) is 12.7 Å². The molecule has 0 radical (unpaired) electrons. The normalized spacial score (nSPS) is 17.0. The Labute approximate surface area is 170 Å². The average molecular weight is 450 g/mol. The zero-order valence-electron chi connectivity index (χ0n) is 16.5. The lowest BCUT2D eigenvalue weighted by Crippen LogP contribution is -2.46. The molecule has 0 fully saturated rings. The third-order valence-corrected chi connectivity index (χ3v) is 6.44. The number of aryl methyl sites for hydroxylation is 2. The second kappa shape index (κ2) is 7.61. The molecule has 1 unspecified atom stereocenters. The Bertz CT molecular complexity index is 1050. The summed E-state index contributed by atoms with van der Waals surface area (Å²) in [5.74, 6) is -1.09. The molecule has 0 spiro atoms. The second-order valence-electron chi connectivity index (χ2n) is 7.14. The van der Waals surface area contributed by atoms with Gasteiger partial charge in [-0.1, -0.05) is 6.92 Å². The summed E-state index contributed by atoms with van der Waals surface area (Å²) in [6.45, 7) is 4.96. The predicted molar refractivity (Wildman–Crippen MR) is 103 cm³/mol. The summed E-state index contributed by atoms with van der Waals surface area (Å²) >= 11 is 0. The molecule has 30 heavy (non-hydrogen) atoms. The fourth-order valence-electron chi connectivity index (χ4n) is 3.52. The number of aromatic nitrogens is 3. The van der Waals surface area contributed by atoms with Crippen LogP contribution in [0.15, 0.2) is 11.2 Å². The number of rotatable bonds is 4. The molecule has 8 nitrogen and oxygen atoms in total. The van der Waals surface area contributed by atoms with Crippen molar-refractivity contribution in [2.24, 2.45) is 5.14 Å². The summed E-state index contributed by atoms with van der Waals surface area (Å²) in [5.41, 5.74) is -0.689. The van der Waals surface area contributed by atoms with Crippen LogP contribution in [0.25, 0.3) is 0 Å². The second-order valence-corrected chi connectivity index (χ2v) is 9.10. The first-order valence-electron chi connectivity index (χ1n) is 9.17. The maximum Gasteiger partial charge on any atom is 0.433 e. The highest BCUT2D eigenvalue weighted by atomic mass is 32.3. The summed E-state index contributed by atoms with van der Waals surface area (Å²) in [7, 11) is -4.27. The number of alkyl halides is 3. The minimum atomic E-state index is -4.71. The van der Waals surface area contributed by atoms with E-state index in [2.05, 4.69) is 15.4 Å². The van der Waals surface area contributed by atoms with E-state index in [0.717, 1.165) is 10.9 Å². The van der Waals surface area contributed by atoms with Crippen LogP contribution in [-0.4, -0.2) is 25.0 Å². The van der Waals surface area contributed by atoms with Crippen LogP contribution in [0.1, 0.15) is 48.7 Å². The summed E-state index contributed by atoms with van der Waals surface area (Å²) in [6, 6.07) is -1.13. The van der Waals surface area contributed by atoms with Crippen molar-refractivity contribution in [1.29, 1.82) is 0 Å². The Balaban J connectivity index is 1.94. The molecule has 0 aromatic carbocycles. The van der Waals surface area contributed by atoms with Crippen molar-refractivity contribution in [2.45, 2.75) is 57.3 Å². The lowest BCUT2D eigenvalue weighted by atomic mass is 9.99.